The Balaban J connectivity index is 2.03. The number of rotatable bonds is 3. The standard InChI is InChI=1S/C15H19BrN2O3/c1-10(19)17-11-5-7-18(8-6-11)15(20)13-9-12(21-2)3-4-14(13)16/h3-4,9,11H,5-8H2,1-2H3,(H,17,19). The summed E-state index contributed by atoms with van der Waals surface area (Å²) in [7, 11) is 1.58. The highest BCUT2D eigenvalue weighted by molar-refractivity contribution is 9.10. The zero-order valence-corrected chi connectivity index (χ0v) is 13.8. The van der Waals surface area contributed by atoms with Crippen LogP contribution in [-0.4, -0.2) is 43.0 Å². The van der Waals surface area contributed by atoms with Gasteiger partial charge in [0.05, 0.1) is 12.7 Å². The van der Waals surface area contributed by atoms with Crippen molar-refractivity contribution in [3.63, 3.8) is 0 Å². The molecule has 1 aliphatic rings. The first kappa shape index (κ1) is 15.8. The summed E-state index contributed by atoms with van der Waals surface area (Å²) < 4.78 is 5.93. The number of carbonyl (C=O) groups is 2. The van der Waals surface area contributed by atoms with Gasteiger partial charge < -0.3 is 15.0 Å². The topological polar surface area (TPSA) is 58.6 Å². The number of nitrogens with one attached hydrogen (secondary N) is 1. The van der Waals surface area contributed by atoms with Crippen molar-refractivity contribution < 1.29 is 14.3 Å². The van der Waals surface area contributed by atoms with E-state index in [1.165, 1.54) is 6.92 Å². The second kappa shape index (κ2) is 6.93. The van der Waals surface area contributed by atoms with Crippen LogP contribution in [0.15, 0.2) is 22.7 Å². The van der Waals surface area contributed by atoms with Gasteiger partial charge in [0.15, 0.2) is 0 Å². The number of methoxy groups -OCH3 is 1. The molecule has 1 N–H and O–H groups in total. The molecule has 6 heteroatoms. The zero-order valence-electron chi connectivity index (χ0n) is 12.2. The fourth-order valence-corrected chi connectivity index (χ4v) is 2.90. The molecule has 1 aromatic carbocycles. The number of halogens is 1. The summed E-state index contributed by atoms with van der Waals surface area (Å²) in [5, 5.41) is 2.90. The third-order valence-corrected chi connectivity index (χ3v) is 4.28. The van der Waals surface area contributed by atoms with Crippen LogP contribution in [0.3, 0.4) is 0 Å². The smallest absolute Gasteiger partial charge is 0.255 e. The molecule has 0 atom stereocenters. The van der Waals surface area contributed by atoms with E-state index in [-0.39, 0.29) is 17.9 Å². The van der Waals surface area contributed by atoms with E-state index in [4.69, 9.17) is 4.74 Å². The van der Waals surface area contributed by atoms with Crippen molar-refractivity contribution >= 4 is 27.7 Å². The molecule has 2 amide bonds. The van der Waals surface area contributed by atoms with Crippen LogP contribution in [-0.2, 0) is 4.79 Å². The Morgan fingerprint density at radius 3 is 2.57 bits per heavy atom. The maximum Gasteiger partial charge on any atom is 0.255 e. The molecule has 1 heterocycles. The first-order valence-corrected chi connectivity index (χ1v) is 7.70. The summed E-state index contributed by atoms with van der Waals surface area (Å²) >= 11 is 3.41. The lowest BCUT2D eigenvalue weighted by Gasteiger charge is -2.32. The van der Waals surface area contributed by atoms with Gasteiger partial charge in [0.2, 0.25) is 5.91 Å². The van der Waals surface area contributed by atoms with Crippen molar-refractivity contribution in [2.24, 2.45) is 0 Å². The molecule has 0 radical (unpaired) electrons. The number of hydrogen-bond donors (Lipinski definition) is 1. The van der Waals surface area contributed by atoms with E-state index in [1.807, 2.05) is 17.0 Å². The van der Waals surface area contributed by atoms with Gasteiger partial charge in [-0.25, -0.2) is 0 Å². The van der Waals surface area contributed by atoms with E-state index < -0.39 is 0 Å². The molecule has 0 saturated carbocycles. The first-order valence-electron chi connectivity index (χ1n) is 6.91. The maximum atomic E-state index is 12.6. The molecule has 2 rings (SSSR count). The summed E-state index contributed by atoms with van der Waals surface area (Å²) in [5.74, 6) is 0.632. The molecule has 114 valence electrons. The number of piperidine rings is 1. The molecule has 0 spiro atoms. The van der Waals surface area contributed by atoms with E-state index in [9.17, 15) is 9.59 Å². The molecule has 0 aromatic heterocycles. The van der Waals surface area contributed by atoms with Crippen molar-refractivity contribution in [2.45, 2.75) is 25.8 Å². The molecule has 1 aliphatic heterocycles. The Bertz CT molecular complexity index is 540. The van der Waals surface area contributed by atoms with Crippen LogP contribution in [0.25, 0.3) is 0 Å². The summed E-state index contributed by atoms with van der Waals surface area (Å²) in [4.78, 5) is 25.4. The number of likely N-dealkylation sites (tertiary alicyclic amines) is 1. The number of nitrogens with zero attached hydrogens (tertiary/aromatic N) is 1. The van der Waals surface area contributed by atoms with Crippen molar-refractivity contribution in [1.82, 2.24) is 10.2 Å². The van der Waals surface area contributed by atoms with E-state index in [0.717, 1.165) is 17.3 Å². The number of carbonyl (C=O) groups excluding carboxylic acids is 2. The van der Waals surface area contributed by atoms with E-state index >= 15 is 0 Å². The molecule has 1 aromatic rings. The summed E-state index contributed by atoms with van der Waals surface area (Å²) in [6.45, 7) is 2.81. The van der Waals surface area contributed by atoms with Gasteiger partial charge in [-0.2, -0.15) is 0 Å². The van der Waals surface area contributed by atoms with Gasteiger partial charge in [-0.05, 0) is 47.0 Å². The lowest BCUT2D eigenvalue weighted by Crippen LogP contribution is -2.46. The van der Waals surface area contributed by atoms with Crippen molar-refractivity contribution in [1.29, 1.82) is 0 Å². The number of benzene rings is 1. The fourth-order valence-electron chi connectivity index (χ4n) is 2.48. The molecule has 1 saturated heterocycles. The van der Waals surface area contributed by atoms with Gasteiger partial charge in [0, 0.05) is 30.5 Å². The zero-order chi connectivity index (χ0) is 15.4. The Labute approximate surface area is 132 Å². The highest BCUT2D eigenvalue weighted by Gasteiger charge is 2.25. The third kappa shape index (κ3) is 3.97. The van der Waals surface area contributed by atoms with Gasteiger partial charge in [-0.1, -0.05) is 0 Å². The van der Waals surface area contributed by atoms with Gasteiger partial charge in [-0.3, -0.25) is 9.59 Å². The van der Waals surface area contributed by atoms with Gasteiger partial charge in [0.25, 0.3) is 5.91 Å². The minimum atomic E-state index is -0.0182. The minimum Gasteiger partial charge on any atom is -0.497 e. The molecular formula is C15H19BrN2O3. The lowest BCUT2D eigenvalue weighted by atomic mass is 10.0. The van der Waals surface area contributed by atoms with Gasteiger partial charge in [-0.15, -0.1) is 0 Å². The number of hydrogen-bond acceptors (Lipinski definition) is 3. The third-order valence-electron chi connectivity index (χ3n) is 3.59. The summed E-state index contributed by atoms with van der Waals surface area (Å²) in [6, 6.07) is 5.53. The average Bonchev–Trinajstić information content (AvgIpc) is 2.47. The van der Waals surface area contributed by atoms with Crippen LogP contribution in [0.2, 0.25) is 0 Å². The number of ether oxygens (including phenoxy) is 1. The quantitative estimate of drug-likeness (QED) is 0.904. The molecule has 5 nitrogen and oxygen atoms in total. The fraction of sp³-hybridized carbons (Fsp3) is 0.467. The van der Waals surface area contributed by atoms with E-state index in [1.54, 1.807) is 13.2 Å². The first-order chi connectivity index (χ1) is 10.0. The molecular weight excluding hydrogens is 336 g/mol. The van der Waals surface area contributed by atoms with Crippen LogP contribution in [0, 0.1) is 0 Å². The van der Waals surface area contributed by atoms with Gasteiger partial charge >= 0.3 is 0 Å². The SMILES string of the molecule is COc1ccc(Br)c(C(=O)N2CCC(NC(C)=O)CC2)c1. The minimum absolute atomic E-state index is 0.0120. The van der Waals surface area contributed by atoms with Gasteiger partial charge in [0.1, 0.15) is 5.75 Å². The normalized spacial score (nSPS) is 15.7. The monoisotopic (exact) mass is 354 g/mol. The maximum absolute atomic E-state index is 12.6. The second-order valence-corrected chi connectivity index (χ2v) is 5.97. The lowest BCUT2D eigenvalue weighted by molar-refractivity contribution is -0.119. The molecule has 0 unspecified atom stereocenters. The van der Waals surface area contributed by atoms with Crippen molar-refractivity contribution in [3.8, 4) is 5.75 Å². The van der Waals surface area contributed by atoms with Crippen molar-refractivity contribution in [3.05, 3.63) is 28.2 Å². The van der Waals surface area contributed by atoms with Crippen LogP contribution in [0.1, 0.15) is 30.1 Å². The predicted octanol–water partition coefficient (Wildman–Crippen LogP) is 2.20. The average molecular weight is 355 g/mol. The van der Waals surface area contributed by atoms with Crippen LogP contribution >= 0.6 is 15.9 Å². The largest absolute Gasteiger partial charge is 0.497 e. The predicted molar refractivity (Wildman–Crippen MR) is 83.4 cm³/mol. The number of amides is 2. The molecule has 0 aliphatic carbocycles. The molecule has 1 fully saturated rings. The summed E-state index contributed by atoms with van der Waals surface area (Å²) in [6.07, 6.45) is 1.57. The Morgan fingerprint density at radius 1 is 1.33 bits per heavy atom. The summed E-state index contributed by atoms with van der Waals surface area (Å²) in [5.41, 5.74) is 0.604. The highest BCUT2D eigenvalue weighted by atomic mass is 79.9. The molecule has 21 heavy (non-hydrogen) atoms. The second-order valence-electron chi connectivity index (χ2n) is 5.11. The molecule has 0 bridgehead atoms. The van der Waals surface area contributed by atoms with Crippen LogP contribution in [0.4, 0.5) is 0 Å². The van der Waals surface area contributed by atoms with Crippen molar-refractivity contribution in [2.75, 3.05) is 20.2 Å². The van der Waals surface area contributed by atoms with E-state index in [0.29, 0.717) is 24.4 Å². The Kier molecular flexibility index (Phi) is 5.22. The van der Waals surface area contributed by atoms with Crippen LogP contribution < -0.4 is 10.1 Å². The Morgan fingerprint density at radius 2 is 2.00 bits per heavy atom. The van der Waals surface area contributed by atoms with Crippen LogP contribution in [0.5, 0.6) is 5.75 Å². The Hall–Kier alpha value is -1.56. The highest BCUT2D eigenvalue weighted by Crippen LogP contribution is 2.25. The van der Waals surface area contributed by atoms with E-state index in [2.05, 4.69) is 21.2 Å².